The smallest absolute Gasteiger partial charge is 0.237 e. The lowest BCUT2D eigenvalue weighted by Crippen LogP contribution is -2.51. The van der Waals surface area contributed by atoms with E-state index in [4.69, 9.17) is 0 Å². The van der Waals surface area contributed by atoms with Crippen LogP contribution in [-0.2, 0) is 21.4 Å². The molecule has 0 aromatic heterocycles. The average Bonchev–Trinajstić information content (AvgIpc) is 2.53. The number of nitrogens with zero attached hydrogens (tertiary/aromatic N) is 3. The van der Waals surface area contributed by atoms with Gasteiger partial charge in [-0.15, -0.1) is 0 Å². The minimum Gasteiger partial charge on any atom is -0.339 e. The normalized spacial score (nSPS) is 16.6. The third kappa shape index (κ3) is 5.29. The van der Waals surface area contributed by atoms with Crippen LogP contribution in [0.25, 0.3) is 0 Å². The Hall–Kier alpha value is -1.44. The number of rotatable bonds is 6. The van der Waals surface area contributed by atoms with Crippen molar-refractivity contribution in [1.82, 2.24) is 14.1 Å². The van der Waals surface area contributed by atoms with Gasteiger partial charge in [-0.2, -0.15) is 4.31 Å². The van der Waals surface area contributed by atoms with Crippen LogP contribution >= 0.6 is 0 Å². The van der Waals surface area contributed by atoms with E-state index >= 15 is 0 Å². The van der Waals surface area contributed by atoms with Crippen molar-refractivity contribution in [3.05, 3.63) is 35.4 Å². The Balaban J connectivity index is 2.03. The highest BCUT2D eigenvalue weighted by Gasteiger charge is 2.26. The maximum absolute atomic E-state index is 12.5. The highest BCUT2D eigenvalue weighted by Crippen LogP contribution is 2.12. The van der Waals surface area contributed by atoms with Gasteiger partial charge >= 0.3 is 0 Å². The summed E-state index contributed by atoms with van der Waals surface area (Å²) >= 11 is 0. The van der Waals surface area contributed by atoms with Gasteiger partial charge in [-0.05, 0) is 19.0 Å². The monoisotopic (exact) mass is 353 g/mol. The predicted molar refractivity (Wildman–Crippen MR) is 95.1 cm³/mol. The van der Waals surface area contributed by atoms with Crippen LogP contribution in [0.1, 0.15) is 18.1 Å². The van der Waals surface area contributed by atoms with Crippen molar-refractivity contribution in [3.8, 4) is 0 Å². The Kier molecular flexibility index (Phi) is 6.37. The van der Waals surface area contributed by atoms with Crippen molar-refractivity contribution >= 4 is 15.9 Å². The topological polar surface area (TPSA) is 60.9 Å². The van der Waals surface area contributed by atoms with Crippen LogP contribution in [0.15, 0.2) is 24.3 Å². The summed E-state index contributed by atoms with van der Waals surface area (Å²) in [7, 11) is -3.45. The van der Waals surface area contributed by atoms with Gasteiger partial charge in [0.2, 0.25) is 15.9 Å². The van der Waals surface area contributed by atoms with Gasteiger partial charge in [0.05, 0.1) is 12.8 Å². The number of aryl methyl sites for hydroxylation is 1. The Bertz CT molecular complexity index is 667. The van der Waals surface area contributed by atoms with Gasteiger partial charge in [0.15, 0.2) is 0 Å². The SMILES string of the molecule is CCN1CCN(C(=O)CN(Cc2cccc(C)c2)S(C)(=O)=O)CC1. The Morgan fingerprint density at radius 1 is 1.21 bits per heavy atom. The van der Waals surface area contributed by atoms with Gasteiger partial charge in [0, 0.05) is 32.7 Å². The lowest BCUT2D eigenvalue weighted by atomic mass is 10.1. The summed E-state index contributed by atoms with van der Waals surface area (Å²) in [5, 5.41) is 0. The van der Waals surface area contributed by atoms with Crippen molar-refractivity contribution in [1.29, 1.82) is 0 Å². The van der Waals surface area contributed by atoms with Crippen LogP contribution in [0.3, 0.4) is 0 Å². The van der Waals surface area contributed by atoms with E-state index in [-0.39, 0.29) is 19.0 Å². The molecular weight excluding hydrogens is 326 g/mol. The zero-order valence-corrected chi connectivity index (χ0v) is 15.6. The molecular formula is C17H27N3O3S. The van der Waals surface area contributed by atoms with Gasteiger partial charge in [0.25, 0.3) is 0 Å². The second-order valence-corrected chi connectivity index (χ2v) is 8.32. The summed E-state index contributed by atoms with van der Waals surface area (Å²) in [6.45, 7) is 8.18. The largest absolute Gasteiger partial charge is 0.339 e. The van der Waals surface area contributed by atoms with Crippen LogP contribution in [0, 0.1) is 6.92 Å². The molecule has 0 radical (unpaired) electrons. The van der Waals surface area contributed by atoms with E-state index in [1.807, 2.05) is 31.2 Å². The summed E-state index contributed by atoms with van der Waals surface area (Å²) in [5.74, 6) is -0.121. The molecule has 0 spiro atoms. The molecule has 0 unspecified atom stereocenters. The Morgan fingerprint density at radius 3 is 2.42 bits per heavy atom. The number of hydrogen-bond donors (Lipinski definition) is 0. The number of benzene rings is 1. The quantitative estimate of drug-likeness (QED) is 0.763. The molecule has 6 nitrogen and oxygen atoms in total. The van der Waals surface area contributed by atoms with E-state index in [1.54, 1.807) is 4.90 Å². The lowest BCUT2D eigenvalue weighted by molar-refractivity contribution is -0.133. The second kappa shape index (κ2) is 8.09. The minimum atomic E-state index is -3.45. The molecule has 1 aromatic carbocycles. The third-order valence-electron chi connectivity index (χ3n) is 4.39. The molecule has 1 amide bonds. The summed E-state index contributed by atoms with van der Waals surface area (Å²) in [6.07, 6.45) is 1.16. The van der Waals surface area contributed by atoms with E-state index in [9.17, 15) is 13.2 Å². The first-order valence-corrected chi connectivity index (χ1v) is 10.1. The fourth-order valence-electron chi connectivity index (χ4n) is 2.87. The lowest BCUT2D eigenvalue weighted by Gasteiger charge is -2.35. The molecule has 1 fully saturated rings. The number of amides is 1. The fraction of sp³-hybridized carbons (Fsp3) is 0.588. The van der Waals surface area contributed by atoms with Crippen molar-refractivity contribution < 1.29 is 13.2 Å². The summed E-state index contributed by atoms with van der Waals surface area (Å²) in [6, 6.07) is 7.70. The molecule has 0 saturated carbocycles. The number of likely N-dealkylation sites (N-methyl/N-ethyl adjacent to an activating group) is 1. The van der Waals surface area contributed by atoms with Crippen LogP contribution in [0.2, 0.25) is 0 Å². The Labute approximate surface area is 145 Å². The number of hydrogen-bond acceptors (Lipinski definition) is 4. The van der Waals surface area contributed by atoms with Crippen LogP contribution < -0.4 is 0 Å². The highest BCUT2D eigenvalue weighted by atomic mass is 32.2. The molecule has 0 bridgehead atoms. The predicted octanol–water partition coefficient (Wildman–Crippen LogP) is 0.921. The van der Waals surface area contributed by atoms with Gasteiger partial charge in [-0.25, -0.2) is 8.42 Å². The zero-order chi connectivity index (χ0) is 17.7. The van der Waals surface area contributed by atoms with E-state index < -0.39 is 10.0 Å². The molecule has 0 atom stereocenters. The maximum atomic E-state index is 12.5. The average molecular weight is 353 g/mol. The molecule has 1 saturated heterocycles. The van der Waals surface area contributed by atoms with E-state index in [0.29, 0.717) is 13.1 Å². The second-order valence-electron chi connectivity index (χ2n) is 6.34. The molecule has 1 aliphatic heterocycles. The van der Waals surface area contributed by atoms with Gasteiger partial charge in [-0.3, -0.25) is 4.79 Å². The summed E-state index contributed by atoms with van der Waals surface area (Å²) in [4.78, 5) is 16.6. The van der Waals surface area contributed by atoms with Gasteiger partial charge in [-0.1, -0.05) is 36.8 Å². The molecule has 1 aliphatic rings. The molecule has 1 aromatic rings. The first-order chi connectivity index (χ1) is 11.3. The van der Waals surface area contributed by atoms with Crippen LogP contribution in [0.4, 0.5) is 0 Å². The number of sulfonamides is 1. The summed E-state index contributed by atoms with van der Waals surface area (Å²) in [5.41, 5.74) is 1.96. The number of carbonyl (C=O) groups is 1. The standard InChI is InChI=1S/C17H27N3O3S/c1-4-18-8-10-19(11-9-18)17(21)14-20(24(3,22)23)13-16-7-5-6-15(2)12-16/h5-7,12H,4,8-11,13-14H2,1-3H3. The van der Waals surface area contributed by atoms with Crippen molar-refractivity contribution in [2.75, 3.05) is 45.5 Å². The molecule has 0 N–H and O–H groups in total. The number of carbonyl (C=O) groups excluding carboxylic acids is 1. The van der Waals surface area contributed by atoms with E-state index in [2.05, 4.69) is 11.8 Å². The highest BCUT2D eigenvalue weighted by molar-refractivity contribution is 7.88. The van der Waals surface area contributed by atoms with Crippen LogP contribution in [-0.4, -0.2) is 74.0 Å². The first kappa shape index (κ1) is 18.9. The molecule has 7 heteroatoms. The van der Waals surface area contributed by atoms with Crippen molar-refractivity contribution in [3.63, 3.8) is 0 Å². The van der Waals surface area contributed by atoms with Crippen molar-refractivity contribution in [2.24, 2.45) is 0 Å². The minimum absolute atomic E-state index is 0.0983. The first-order valence-electron chi connectivity index (χ1n) is 8.30. The van der Waals surface area contributed by atoms with E-state index in [1.165, 1.54) is 4.31 Å². The fourth-order valence-corrected chi connectivity index (χ4v) is 3.60. The Morgan fingerprint density at radius 2 is 1.88 bits per heavy atom. The molecule has 0 aliphatic carbocycles. The molecule has 2 rings (SSSR count). The molecule has 1 heterocycles. The molecule has 24 heavy (non-hydrogen) atoms. The molecule has 134 valence electrons. The van der Waals surface area contributed by atoms with Crippen molar-refractivity contribution in [2.45, 2.75) is 20.4 Å². The van der Waals surface area contributed by atoms with Crippen LogP contribution in [0.5, 0.6) is 0 Å². The van der Waals surface area contributed by atoms with Gasteiger partial charge < -0.3 is 9.80 Å². The third-order valence-corrected chi connectivity index (χ3v) is 5.59. The maximum Gasteiger partial charge on any atom is 0.237 e. The zero-order valence-electron chi connectivity index (χ0n) is 14.7. The summed E-state index contributed by atoms with van der Waals surface area (Å²) < 4.78 is 25.4. The van der Waals surface area contributed by atoms with E-state index in [0.717, 1.165) is 37.0 Å². The number of piperazine rings is 1. The van der Waals surface area contributed by atoms with Gasteiger partial charge in [0.1, 0.15) is 0 Å².